The van der Waals surface area contributed by atoms with Crippen LogP contribution in [0.25, 0.3) is 0 Å². The molecule has 1 heterocycles. The normalized spacial score (nSPS) is 16.3. The summed E-state index contributed by atoms with van der Waals surface area (Å²) in [4.78, 5) is 2.56. The smallest absolute Gasteiger partial charge is 0.120 e. The van der Waals surface area contributed by atoms with Gasteiger partial charge in [0.15, 0.2) is 0 Å². The number of anilines is 1. The lowest BCUT2D eigenvalue weighted by atomic mass is 10.0. The minimum Gasteiger partial charge on any atom is -0.497 e. The molecule has 0 aliphatic carbocycles. The highest BCUT2D eigenvalue weighted by atomic mass is 16.5. The minimum atomic E-state index is 0.551. The number of likely N-dealkylation sites (tertiary alicyclic amines) is 1. The second-order valence-corrected chi connectivity index (χ2v) is 6.35. The average molecular weight is 310 g/mol. The Kier molecular flexibility index (Phi) is 5.19. The molecular weight excluding hydrogens is 284 g/mol. The number of piperidine rings is 1. The Morgan fingerprint density at radius 3 is 2.61 bits per heavy atom. The van der Waals surface area contributed by atoms with Gasteiger partial charge >= 0.3 is 0 Å². The summed E-state index contributed by atoms with van der Waals surface area (Å²) in [7, 11) is 1.71. The van der Waals surface area contributed by atoms with Crippen molar-refractivity contribution >= 4 is 5.69 Å². The summed E-state index contributed by atoms with van der Waals surface area (Å²) in [5, 5.41) is 3.64. The van der Waals surface area contributed by atoms with E-state index in [1.807, 2.05) is 12.1 Å². The molecule has 1 aliphatic rings. The fraction of sp³-hybridized carbons (Fsp3) is 0.400. The van der Waals surface area contributed by atoms with Crippen LogP contribution in [0.1, 0.15) is 24.0 Å². The SMILES string of the molecule is COc1cccc(NC2CCN(Cc3ccccc3C)CC2)c1. The Morgan fingerprint density at radius 2 is 1.87 bits per heavy atom. The van der Waals surface area contributed by atoms with Gasteiger partial charge in [-0.05, 0) is 43.0 Å². The van der Waals surface area contributed by atoms with E-state index in [9.17, 15) is 0 Å². The molecule has 2 aromatic rings. The number of rotatable bonds is 5. The Hall–Kier alpha value is -2.00. The predicted octanol–water partition coefficient (Wildman–Crippen LogP) is 4.08. The lowest BCUT2D eigenvalue weighted by Crippen LogP contribution is -2.38. The zero-order valence-electron chi connectivity index (χ0n) is 14.1. The lowest BCUT2D eigenvalue weighted by Gasteiger charge is -2.33. The summed E-state index contributed by atoms with van der Waals surface area (Å²) in [6.45, 7) is 5.57. The molecule has 0 aromatic heterocycles. The number of aryl methyl sites for hydroxylation is 1. The monoisotopic (exact) mass is 310 g/mol. The van der Waals surface area contributed by atoms with E-state index in [4.69, 9.17) is 4.74 Å². The van der Waals surface area contributed by atoms with Gasteiger partial charge in [0.2, 0.25) is 0 Å². The van der Waals surface area contributed by atoms with Crippen molar-refractivity contribution in [1.29, 1.82) is 0 Å². The Bertz CT molecular complexity index is 633. The highest BCUT2D eigenvalue weighted by Gasteiger charge is 2.19. The van der Waals surface area contributed by atoms with E-state index >= 15 is 0 Å². The quantitative estimate of drug-likeness (QED) is 0.900. The van der Waals surface area contributed by atoms with Crippen molar-refractivity contribution in [2.75, 3.05) is 25.5 Å². The summed E-state index contributed by atoms with van der Waals surface area (Å²) >= 11 is 0. The predicted molar refractivity (Wildman–Crippen MR) is 96.1 cm³/mol. The fourth-order valence-corrected chi connectivity index (χ4v) is 3.21. The molecule has 0 saturated carbocycles. The molecule has 0 radical (unpaired) electrons. The molecule has 1 fully saturated rings. The van der Waals surface area contributed by atoms with Crippen LogP contribution in [0.15, 0.2) is 48.5 Å². The molecule has 122 valence electrons. The third-order valence-electron chi connectivity index (χ3n) is 4.68. The number of benzene rings is 2. The van der Waals surface area contributed by atoms with Crippen LogP contribution in [0.2, 0.25) is 0 Å². The van der Waals surface area contributed by atoms with Crippen molar-refractivity contribution in [3.05, 3.63) is 59.7 Å². The van der Waals surface area contributed by atoms with Crippen LogP contribution >= 0.6 is 0 Å². The molecular formula is C20H26N2O. The number of hydrogen-bond acceptors (Lipinski definition) is 3. The van der Waals surface area contributed by atoms with Gasteiger partial charge in [0.25, 0.3) is 0 Å². The molecule has 23 heavy (non-hydrogen) atoms. The van der Waals surface area contributed by atoms with E-state index in [1.165, 1.54) is 24.0 Å². The van der Waals surface area contributed by atoms with Crippen LogP contribution in [0.4, 0.5) is 5.69 Å². The van der Waals surface area contributed by atoms with Gasteiger partial charge in [0, 0.05) is 37.4 Å². The number of hydrogen-bond donors (Lipinski definition) is 1. The molecule has 0 bridgehead atoms. The molecule has 0 spiro atoms. The van der Waals surface area contributed by atoms with Crippen molar-refractivity contribution in [2.24, 2.45) is 0 Å². The fourth-order valence-electron chi connectivity index (χ4n) is 3.21. The summed E-state index contributed by atoms with van der Waals surface area (Å²) in [6.07, 6.45) is 2.37. The van der Waals surface area contributed by atoms with Gasteiger partial charge in [0.1, 0.15) is 5.75 Å². The second-order valence-electron chi connectivity index (χ2n) is 6.35. The maximum absolute atomic E-state index is 5.29. The number of nitrogens with one attached hydrogen (secondary N) is 1. The van der Waals surface area contributed by atoms with E-state index in [-0.39, 0.29) is 0 Å². The van der Waals surface area contributed by atoms with Crippen LogP contribution < -0.4 is 10.1 Å². The number of methoxy groups -OCH3 is 1. The van der Waals surface area contributed by atoms with Crippen LogP contribution in [-0.4, -0.2) is 31.1 Å². The average Bonchev–Trinajstić information content (AvgIpc) is 2.59. The maximum atomic E-state index is 5.29. The molecule has 1 N–H and O–H groups in total. The van der Waals surface area contributed by atoms with Crippen LogP contribution in [0.3, 0.4) is 0 Å². The first kappa shape index (κ1) is 15.9. The Labute approximate surface area is 139 Å². The highest BCUT2D eigenvalue weighted by molar-refractivity contribution is 5.48. The molecule has 1 saturated heterocycles. The molecule has 1 aliphatic heterocycles. The molecule has 0 amide bonds. The van der Waals surface area contributed by atoms with E-state index in [0.717, 1.165) is 31.1 Å². The molecule has 3 heteroatoms. The molecule has 3 rings (SSSR count). The summed E-state index contributed by atoms with van der Waals surface area (Å²) in [5.41, 5.74) is 4.00. The van der Waals surface area contributed by atoms with Crippen molar-refractivity contribution in [3.8, 4) is 5.75 Å². The first-order valence-electron chi connectivity index (χ1n) is 8.42. The zero-order chi connectivity index (χ0) is 16.1. The molecule has 0 unspecified atom stereocenters. The van der Waals surface area contributed by atoms with Gasteiger partial charge in [-0.15, -0.1) is 0 Å². The van der Waals surface area contributed by atoms with Gasteiger partial charge in [-0.2, -0.15) is 0 Å². The third kappa shape index (κ3) is 4.26. The zero-order valence-corrected chi connectivity index (χ0v) is 14.1. The van der Waals surface area contributed by atoms with Crippen LogP contribution in [0.5, 0.6) is 5.75 Å². The molecule has 2 aromatic carbocycles. The van der Waals surface area contributed by atoms with E-state index < -0.39 is 0 Å². The summed E-state index contributed by atoms with van der Waals surface area (Å²) in [6, 6.07) is 17.5. The van der Waals surface area contributed by atoms with Gasteiger partial charge in [-0.3, -0.25) is 4.90 Å². The van der Waals surface area contributed by atoms with Gasteiger partial charge in [-0.25, -0.2) is 0 Å². The van der Waals surface area contributed by atoms with Crippen LogP contribution in [0, 0.1) is 6.92 Å². The third-order valence-corrected chi connectivity index (χ3v) is 4.68. The van der Waals surface area contributed by atoms with E-state index in [0.29, 0.717) is 6.04 Å². The van der Waals surface area contributed by atoms with Gasteiger partial charge < -0.3 is 10.1 Å². The van der Waals surface area contributed by atoms with Crippen LogP contribution in [-0.2, 0) is 6.54 Å². The largest absolute Gasteiger partial charge is 0.497 e. The summed E-state index contributed by atoms with van der Waals surface area (Å²) in [5.74, 6) is 0.909. The molecule has 3 nitrogen and oxygen atoms in total. The first-order chi connectivity index (χ1) is 11.2. The van der Waals surface area contributed by atoms with E-state index in [1.54, 1.807) is 7.11 Å². The van der Waals surface area contributed by atoms with Crippen molar-refractivity contribution < 1.29 is 4.74 Å². The molecule has 0 atom stereocenters. The van der Waals surface area contributed by atoms with E-state index in [2.05, 4.69) is 53.5 Å². The van der Waals surface area contributed by atoms with Gasteiger partial charge in [-0.1, -0.05) is 30.3 Å². The van der Waals surface area contributed by atoms with Crippen molar-refractivity contribution in [1.82, 2.24) is 4.90 Å². The lowest BCUT2D eigenvalue weighted by molar-refractivity contribution is 0.211. The Balaban J connectivity index is 1.51. The topological polar surface area (TPSA) is 24.5 Å². The Morgan fingerprint density at radius 1 is 1.09 bits per heavy atom. The first-order valence-corrected chi connectivity index (χ1v) is 8.42. The van der Waals surface area contributed by atoms with Crippen molar-refractivity contribution in [3.63, 3.8) is 0 Å². The summed E-state index contributed by atoms with van der Waals surface area (Å²) < 4.78 is 5.29. The number of nitrogens with zero attached hydrogens (tertiary/aromatic N) is 1. The maximum Gasteiger partial charge on any atom is 0.120 e. The van der Waals surface area contributed by atoms with Crippen molar-refractivity contribution in [2.45, 2.75) is 32.4 Å². The number of ether oxygens (including phenoxy) is 1. The van der Waals surface area contributed by atoms with Gasteiger partial charge in [0.05, 0.1) is 7.11 Å². The minimum absolute atomic E-state index is 0.551. The highest BCUT2D eigenvalue weighted by Crippen LogP contribution is 2.22. The second kappa shape index (κ2) is 7.51. The standard InChI is InChI=1S/C20H26N2O/c1-16-6-3-4-7-17(16)15-22-12-10-18(11-13-22)21-19-8-5-9-20(14-19)23-2/h3-9,14,18,21H,10-13,15H2,1-2H3.